The number of ether oxygens (including phenoxy) is 1. The first-order valence-electron chi connectivity index (χ1n) is 10.7. The number of phenols is 1. The monoisotopic (exact) mass is 426 g/mol. The highest BCUT2D eigenvalue weighted by Gasteiger charge is 2.54. The summed E-state index contributed by atoms with van der Waals surface area (Å²) in [7, 11) is 0.403. The van der Waals surface area contributed by atoms with Crippen LogP contribution in [0.2, 0.25) is 0 Å². The zero-order chi connectivity index (χ0) is 23.0. The number of hydrogen-bond donors (Lipinski definition) is 1. The molecular weight excluding hydrogens is 394 g/mol. The van der Waals surface area contributed by atoms with E-state index in [1.807, 2.05) is 79.7 Å². The number of aromatic hydroxyl groups is 1. The van der Waals surface area contributed by atoms with Crippen LogP contribution in [-0.2, 0) is 18.6 Å². The standard InChI is InChI=1S/C23H32B2O6/c1-20(2)21(3,4)29-24(28-20)16-12-11-15-14(18(16)26)10-13-17(19(15)27-9)25-30-22(5,6)23(7,8)31-25/h10-13,26H,1-9H3. The Hall–Kier alpha value is -1.73. The van der Waals surface area contributed by atoms with Gasteiger partial charge in [-0.2, -0.15) is 0 Å². The van der Waals surface area contributed by atoms with Gasteiger partial charge in [0.25, 0.3) is 0 Å². The first-order valence-corrected chi connectivity index (χ1v) is 10.7. The molecule has 0 atom stereocenters. The third-order valence-electron chi connectivity index (χ3n) is 7.40. The topological polar surface area (TPSA) is 66.4 Å². The van der Waals surface area contributed by atoms with Gasteiger partial charge in [-0.25, -0.2) is 0 Å². The van der Waals surface area contributed by atoms with Gasteiger partial charge >= 0.3 is 14.2 Å². The van der Waals surface area contributed by atoms with Crippen molar-refractivity contribution in [1.82, 2.24) is 0 Å². The van der Waals surface area contributed by atoms with Crippen LogP contribution < -0.4 is 15.7 Å². The van der Waals surface area contributed by atoms with Crippen molar-refractivity contribution < 1.29 is 28.5 Å². The molecule has 2 aromatic carbocycles. The number of fused-ring (bicyclic) bond motifs is 1. The van der Waals surface area contributed by atoms with Gasteiger partial charge in [0, 0.05) is 21.7 Å². The normalized spacial score (nSPS) is 23.5. The third kappa shape index (κ3) is 3.35. The van der Waals surface area contributed by atoms with Gasteiger partial charge in [0.2, 0.25) is 0 Å². The molecule has 0 radical (unpaired) electrons. The van der Waals surface area contributed by atoms with Crippen molar-refractivity contribution in [3.05, 3.63) is 24.3 Å². The second kappa shape index (κ2) is 6.88. The lowest BCUT2D eigenvalue weighted by Crippen LogP contribution is -2.41. The highest BCUT2D eigenvalue weighted by molar-refractivity contribution is 6.64. The molecule has 0 spiro atoms. The van der Waals surface area contributed by atoms with Crippen LogP contribution >= 0.6 is 0 Å². The predicted molar refractivity (Wildman–Crippen MR) is 124 cm³/mol. The van der Waals surface area contributed by atoms with Crippen LogP contribution in [0.1, 0.15) is 55.4 Å². The van der Waals surface area contributed by atoms with Crippen molar-refractivity contribution in [2.45, 2.75) is 77.8 Å². The fraction of sp³-hybridized carbons (Fsp3) is 0.565. The summed E-state index contributed by atoms with van der Waals surface area (Å²) in [5, 5.41) is 12.5. The molecule has 6 nitrogen and oxygen atoms in total. The Kier molecular flexibility index (Phi) is 4.99. The molecular formula is C23H32B2O6. The van der Waals surface area contributed by atoms with Gasteiger partial charge < -0.3 is 28.5 Å². The minimum Gasteiger partial charge on any atom is -0.508 e. The second-order valence-corrected chi connectivity index (χ2v) is 10.5. The van der Waals surface area contributed by atoms with Gasteiger partial charge in [-0.3, -0.25) is 0 Å². The Labute approximate surface area is 185 Å². The lowest BCUT2D eigenvalue weighted by molar-refractivity contribution is 0.00578. The quantitative estimate of drug-likeness (QED) is 0.762. The van der Waals surface area contributed by atoms with E-state index >= 15 is 0 Å². The molecule has 0 aliphatic carbocycles. The van der Waals surface area contributed by atoms with Crippen molar-refractivity contribution in [3.8, 4) is 11.5 Å². The van der Waals surface area contributed by atoms with Crippen LogP contribution in [0, 0.1) is 0 Å². The molecule has 31 heavy (non-hydrogen) atoms. The van der Waals surface area contributed by atoms with Gasteiger partial charge in [0.15, 0.2) is 0 Å². The summed E-state index contributed by atoms with van der Waals surface area (Å²) in [4.78, 5) is 0. The van der Waals surface area contributed by atoms with E-state index in [0.29, 0.717) is 16.6 Å². The summed E-state index contributed by atoms with van der Waals surface area (Å²) in [6, 6.07) is 7.50. The molecule has 2 fully saturated rings. The molecule has 2 heterocycles. The average Bonchev–Trinajstić information content (AvgIpc) is 3.00. The molecule has 0 bridgehead atoms. The summed E-state index contributed by atoms with van der Waals surface area (Å²) in [5.41, 5.74) is -0.511. The van der Waals surface area contributed by atoms with E-state index < -0.39 is 36.6 Å². The van der Waals surface area contributed by atoms with E-state index in [2.05, 4.69) is 0 Å². The van der Waals surface area contributed by atoms with Gasteiger partial charge in [-0.15, -0.1) is 0 Å². The van der Waals surface area contributed by atoms with E-state index in [4.69, 9.17) is 23.4 Å². The maximum atomic E-state index is 11.1. The first kappa shape index (κ1) is 22.5. The molecule has 2 aromatic rings. The summed E-state index contributed by atoms with van der Waals surface area (Å²) in [6.07, 6.45) is 0. The van der Waals surface area contributed by atoms with Crippen molar-refractivity contribution in [1.29, 1.82) is 0 Å². The highest BCUT2D eigenvalue weighted by atomic mass is 16.7. The fourth-order valence-corrected chi connectivity index (χ4v) is 3.94. The predicted octanol–water partition coefficient (Wildman–Crippen LogP) is 3.15. The number of hydrogen-bond acceptors (Lipinski definition) is 6. The first-order chi connectivity index (χ1) is 14.2. The minimum atomic E-state index is -0.650. The Bertz CT molecular complexity index is 998. The fourth-order valence-electron chi connectivity index (χ4n) is 3.94. The molecule has 4 rings (SSSR count). The molecule has 2 saturated heterocycles. The Morgan fingerprint density at radius 1 is 0.645 bits per heavy atom. The van der Waals surface area contributed by atoms with Gasteiger partial charge in [-0.1, -0.05) is 24.3 Å². The van der Waals surface area contributed by atoms with Crippen molar-refractivity contribution in [2.75, 3.05) is 7.11 Å². The van der Waals surface area contributed by atoms with Gasteiger partial charge in [0.1, 0.15) is 11.5 Å². The SMILES string of the molecule is COc1c(B2OC(C)(C)C(C)(C)O2)ccc2c(O)c(B3OC(C)(C)C(C)(C)O3)ccc12. The number of benzene rings is 2. The molecule has 1 N–H and O–H groups in total. The molecule has 0 unspecified atom stereocenters. The largest absolute Gasteiger partial charge is 0.508 e. The maximum Gasteiger partial charge on any atom is 0.498 e. The summed E-state index contributed by atoms with van der Waals surface area (Å²) in [5.74, 6) is 0.738. The Morgan fingerprint density at radius 3 is 1.48 bits per heavy atom. The van der Waals surface area contributed by atoms with E-state index in [-0.39, 0.29) is 5.75 Å². The van der Waals surface area contributed by atoms with Gasteiger partial charge in [-0.05, 0) is 55.4 Å². The van der Waals surface area contributed by atoms with E-state index in [9.17, 15) is 5.11 Å². The summed E-state index contributed by atoms with van der Waals surface area (Å²) in [6.45, 7) is 16.0. The minimum absolute atomic E-state index is 0.120. The number of methoxy groups -OCH3 is 1. The molecule has 0 aromatic heterocycles. The van der Waals surface area contributed by atoms with Crippen LogP contribution in [-0.4, -0.2) is 48.9 Å². The summed E-state index contributed by atoms with van der Waals surface area (Å²) < 4.78 is 30.5. The maximum absolute atomic E-state index is 11.1. The lowest BCUT2D eigenvalue weighted by atomic mass is 9.74. The van der Waals surface area contributed by atoms with Crippen LogP contribution in [0.5, 0.6) is 11.5 Å². The van der Waals surface area contributed by atoms with Crippen molar-refractivity contribution in [2.24, 2.45) is 0 Å². The molecule has 0 saturated carbocycles. The Morgan fingerprint density at radius 2 is 1.03 bits per heavy atom. The van der Waals surface area contributed by atoms with Crippen molar-refractivity contribution >= 4 is 35.9 Å². The van der Waals surface area contributed by atoms with Crippen molar-refractivity contribution in [3.63, 3.8) is 0 Å². The molecule has 8 heteroatoms. The van der Waals surface area contributed by atoms with Crippen LogP contribution in [0.3, 0.4) is 0 Å². The second-order valence-electron chi connectivity index (χ2n) is 10.5. The smallest absolute Gasteiger partial charge is 0.498 e. The zero-order valence-electron chi connectivity index (χ0n) is 20.0. The summed E-state index contributed by atoms with van der Waals surface area (Å²) >= 11 is 0. The van der Waals surface area contributed by atoms with Gasteiger partial charge in [0.05, 0.1) is 29.5 Å². The molecule has 166 valence electrons. The average molecular weight is 426 g/mol. The number of phenolic OH excluding ortho intramolecular Hbond substituents is 1. The third-order valence-corrected chi connectivity index (χ3v) is 7.40. The van der Waals surface area contributed by atoms with Crippen LogP contribution in [0.25, 0.3) is 10.8 Å². The highest BCUT2D eigenvalue weighted by Crippen LogP contribution is 2.40. The number of rotatable bonds is 3. The van der Waals surface area contributed by atoms with E-state index in [1.54, 1.807) is 7.11 Å². The van der Waals surface area contributed by atoms with Crippen LogP contribution in [0.4, 0.5) is 0 Å². The zero-order valence-corrected chi connectivity index (χ0v) is 20.0. The molecule has 2 aliphatic heterocycles. The molecule has 0 amide bonds. The van der Waals surface area contributed by atoms with E-state index in [0.717, 1.165) is 10.8 Å². The lowest BCUT2D eigenvalue weighted by Gasteiger charge is -2.32. The Balaban J connectivity index is 1.76. The van der Waals surface area contributed by atoms with Crippen LogP contribution in [0.15, 0.2) is 24.3 Å². The molecule has 2 aliphatic rings. The van der Waals surface area contributed by atoms with E-state index in [1.165, 1.54) is 0 Å².